The van der Waals surface area contributed by atoms with Crippen LogP contribution < -0.4 is 0 Å². The molecule has 39 heavy (non-hydrogen) atoms. The van der Waals surface area contributed by atoms with Gasteiger partial charge in [-0.15, -0.1) is 0 Å². The highest BCUT2D eigenvalue weighted by molar-refractivity contribution is 7.98. The predicted molar refractivity (Wildman–Crippen MR) is 161 cm³/mol. The Morgan fingerprint density at radius 2 is 1.74 bits per heavy atom. The number of carbonyl (C=O) groups is 2. The Kier molecular flexibility index (Phi) is 10.0. The van der Waals surface area contributed by atoms with Gasteiger partial charge in [0.25, 0.3) is 0 Å². The normalized spacial score (nSPS) is 22.0. The molecule has 3 aromatic rings. The molecule has 1 fully saturated rings. The number of nitrogens with zero attached hydrogens (tertiary/aromatic N) is 1. The van der Waals surface area contributed by atoms with E-state index in [-0.39, 0.29) is 36.3 Å². The van der Waals surface area contributed by atoms with Gasteiger partial charge in [-0.3, -0.25) is 9.59 Å². The Morgan fingerprint density at radius 3 is 2.38 bits per heavy atom. The average molecular weight is 585 g/mol. The predicted octanol–water partition coefficient (Wildman–Crippen LogP) is 8.33. The van der Waals surface area contributed by atoms with E-state index in [4.69, 9.17) is 27.9 Å². The fourth-order valence-corrected chi connectivity index (χ4v) is 7.16. The van der Waals surface area contributed by atoms with Crippen molar-refractivity contribution in [3.05, 3.63) is 106 Å². The van der Waals surface area contributed by atoms with Gasteiger partial charge in [-0.05, 0) is 53.8 Å². The summed E-state index contributed by atoms with van der Waals surface area (Å²) >= 11 is 14.6. The number of piperidine rings is 1. The van der Waals surface area contributed by atoms with E-state index in [1.807, 2.05) is 79.3 Å². The second-order valence-electron chi connectivity index (χ2n) is 10.5. The number of methoxy groups -OCH3 is 1. The lowest BCUT2D eigenvalue weighted by molar-refractivity contribution is -0.161. The number of carbonyl (C=O) groups excluding carboxylic acids is 2. The molecule has 0 bridgehead atoms. The van der Waals surface area contributed by atoms with Crippen LogP contribution in [-0.4, -0.2) is 35.7 Å². The first-order valence-corrected chi connectivity index (χ1v) is 15.2. The van der Waals surface area contributed by atoms with Crippen LogP contribution in [0.15, 0.2) is 78.9 Å². The van der Waals surface area contributed by atoms with Crippen molar-refractivity contribution in [1.82, 2.24) is 4.90 Å². The molecule has 1 aliphatic heterocycles. The molecule has 0 saturated carbocycles. The smallest absolute Gasteiger partial charge is 0.306 e. The third kappa shape index (κ3) is 7.00. The van der Waals surface area contributed by atoms with E-state index >= 15 is 0 Å². The lowest BCUT2D eigenvalue weighted by Gasteiger charge is -2.52. The molecule has 4 rings (SSSR count). The maximum absolute atomic E-state index is 14.5. The first-order chi connectivity index (χ1) is 18.8. The molecule has 7 heteroatoms. The largest absolute Gasteiger partial charge is 0.469 e. The van der Waals surface area contributed by atoms with Gasteiger partial charge in [0.15, 0.2) is 0 Å². The first kappa shape index (κ1) is 29.5. The lowest BCUT2D eigenvalue weighted by atomic mass is 9.67. The van der Waals surface area contributed by atoms with Crippen LogP contribution in [0.4, 0.5) is 0 Å². The van der Waals surface area contributed by atoms with Gasteiger partial charge in [0.1, 0.15) is 0 Å². The number of hydrogen-bond acceptors (Lipinski definition) is 4. The first-order valence-electron chi connectivity index (χ1n) is 13.3. The summed E-state index contributed by atoms with van der Waals surface area (Å²) in [7, 11) is 1.37. The number of likely N-dealkylation sites (tertiary alicyclic amines) is 1. The average Bonchev–Trinajstić information content (AvgIpc) is 2.94. The van der Waals surface area contributed by atoms with Gasteiger partial charge in [0, 0.05) is 33.5 Å². The van der Waals surface area contributed by atoms with E-state index in [2.05, 4.69) is 30.0 Å². The van der Waals surface area contributed by atoms with E-state index < -0.39 is 5.41 Å². The minimum absolute atomic E-state index is 0.0155. The van der Waals surface area contributed by atoms with Gasteiger partial charge in [-0.2, -0.15) is 11.8 Å². The van der Waals surface area contributed by atoms with Gasteiger partial charge in [0.05, 0.1) is 25.0 Å². The van der Waals surface area contributed by atoms with Crippen LogP contribution >= 0.6 is 35.0 Å². The zero-order valence-electron chi connectivity index (χ0n) is 22.6. The highest BCUT2D eigenvalue weighted by atomic mass is 35.5. The summed E-state index contributed by atoms with van der Waals surface area (Å²) in [5.41, 5.74) is 2.40. The summed E-state index contributed by atoms with van der Waals surface area (Å²) < 4.78 is 5.04. The Hall–Kier alpha value is -2.47. The molecule has 4 atom stereocenters. The Labute approximate surface area is 246 Å². The molecule has 0 aromatic heterocycles. The quantitative estimate of drug-likeness (QED) is 0.225. The molecule has 3 aromatic carbocycles. The molecule has 0 spiro atoms. The Morgan fingerprint density at radius 1 is 1.03 bits per heavy atom. The maximum atomic E-state index is 14.5. The third-order valence-electron chi connectivity index (χ3n) is 7.64. The third-order valence-corrected chi connectivity index (χ3v) is 9.28. The molecule has 0 N–H and O–H groups in total. The van der Waals surface area contributed by atoms with Gasteiger partial charge >= 0.3 is 5.97 Å². The molecular formula is C32H35Cl2NO3S. The van der Waals surface area contributed by atoms with Crippen molar-refractivity contribution < 1.29 is 14.3 Å². The summed E-state index contributed by atoms with van der Waals surface area (Å²) in [6.45, 7) is 4.03. The second kappa shape index (κ2) is 13.3. The van der Waals surface area contributed by atoms with Crippen LogP contribution in [0, 0.1) is 5.41 Å². The summed E-state index contributed by atoms with van der Waals surface area (Å²) in [6, 6.07) is 25.7. The van der Waals surface area contributed by atoms with Crippen LogP contribution in [0.2, 0.25) is 10.0 Å². The van der Waals surface area contributed by atoms with Crippen molar-refractivity contribution in [1.29, 1.82) is 0 Å². The summed E-state index contributed by atoms with van der Waals surface area (Å²) in [6.07, 6.45) is 1.31. The molecule has 1 saturated heterocycles. The van der Waals surface area contributed by atoms with Gasteiger partial charge in [-0.1, -0.05) is 91.6 Å². The maximum Gasteiger partial charge on any atom is 0.306 e. The van der Waals surface area contributed by atoms with E-state index in [0.717, 1.165) is 29.1 Å². The van der Waals surface area contributed by atoms with E-state index in [0.29, 0.717) is 16.5 Å². The zero-order valence-corrected chi connectivity index (χ0v) is 24.9. The topological polar surface area (TPSA) is 46.6 Å². The van der Waals surface area contributed by atoms with Crippen molar-refractivity contribution >= 4 is 46.8 Å². The highest BCUT2D eigenvalue weighted by Gasteiger charge is 2.52. The van der Waals surface area contributed by atoms with Crippen LogP contribution in [-0.2, 0) is 20.1 Å². The summed E-state index contributed by atoms with van der Waals surface area (Å²) in [5.74, 6) is 1.16. The van der Waals surface area contributed by atoms with Crippen molar-refractivity contribution in [3.8, 4) is 0 Å². The molecule has 4 unspecified atom stereocenters. The van der Waals surface area contributed by atoms with Crippen LogP contribution in [0.5, 0.6) is 0 Å². The molecule has 0 radical (unpaired) electrons. The minimum atomic E-state index is -0.916. The van der Waals surface area contributed by atoms with Crippen LogP contribution in [0.1, 0.15) is 61.8 Å². The second-order valence-corrected chi connectivity index (χ2v) is 12.4. The highest BCUT2D eigenvalue weighted by Crippen LogP contribution is 2.52. The molecule has 1 amide bonds. The molecule has 1 heterocycles. The summed E-state index contributed by atoms with van der Waals surface area (Å²) in [4.78, 5) is 29.1. The Bertz CT molecular complexity index is 1270. The van der Waals surface area contributed by atoms with Crippen molar-refractivity contribution in [2.75, 3.05) is 12.9 Å². The van der Waals surface area contributed by atoms with E-state index in [1.54, 1.807) is 0 Å². The van der Waals surface area contributed by atoms with Gasteiger partial charge < -0.3 is 9.64 Å². The SMILES string of the molecule is CCC(CSCc1ccccc1)N1C(=O)C(C)(CC(=O)OC)CC(c2cccc(Cl)c2)C1c1ccc(Cl)cc1. The lowest BCUT2D eigenvalue weighted by Crippen LogP contribution is -2.56. The summed E-state index contributed by atoms with van der Waals surface area (Å²) in [5, 5.41) is 1.29. The van der Waals surface area contributed by atoms with Crippen LogP contribution in [0.3, 0.4) is 0 Å². The van der Waals surface area contributed by atoms with Crippen molar-refractivity contribution in [2.24, 2.45) is 5.41 Å². The fraction of sp³-hybridized carbons (Fsp3) is 0.375. The standard InChI is InChI=1S/C32H35Cl2NO3S/c1-4-27(21-39-20-22-9-6-5-7-10-22)35-30(23-13-15-25(33)16-14-23)28(24-11-8-12-26(34)17-24)18-32(2,31(35)37)19-29(36)38-3/h5-17,27-28,30H,4,18-21H2,1-3H3. The number of hydrogen-bond donors (Lipinski definition) is 0. The fourth-order valence-electron chi connectivity index (χ4n) is 5.62. The van der Waals surface area contributed by atoms with Gasteiger partial charge in [0.2, 0.25) is 5.91 Å². The molecular weight excluding hydrogens is 549 g/mol. The van der Waals surface area contributed by atoms with E-state index in [1.165, 1.54) is 12.7 Å². The number of thioether (sulfide) groups is 1. The monoisotopic (exact) mass is 583 g/mol. The van der Waals surface area contributed by atoms with Gasteiger partial charge in [-0.25, -0.2) is 0 Å². The number of amides is 1. The number of rotatable bonds is 10. The van der Waals surface area contributed by atoms with Crippen molar-refractivity contribution in [3.63, 3.8) is 0 Å². The zero-order chi connectivity index (χ0) is 28.0. The Balaban J connectivity index is 1.78. The van der Waals surface area contributed by atoms with Crippen molar-refractivity contribution in [2.45, 2.75) is 56.9 Å². The van der Waals surface area contributed by atoms with E-state index in [9.17, 15) is 9.59 Å². The number of esters is 1. The van der Waals surface area contributed by atoms with Crippen LogP contribution in [0.25, 0.3) is 0 Å². The number of halogens is 2. The molecule has 206 valence electrons. The molecule has 4 nitrogen and oxygen atoms in total. The minimum Gasteiger partial charge on any atom is -0.469 e. The number of ether oxygens (including phenoxy) is 1. The number of benzene rings is 3. The molecule has 1 aliphatic rings. The molecule has 0 aliphatic carbocycles.